The fourth-order valence-corrected chi connectivity index (χ4v) is 5.41. The maximum Gasteiger partial charge on any atom is 0.161 e. The van der Waals surface area contributed by atoms with Gasteiger partial charge in [0.2, 0.25) is 0 Å². The molecule has 3 saturated carbocycles. The van der Waals surface area contributed by atoms with E-state index in [0.717, 1.165) is 41.9 Å². The van der Waals surface area contributed by atoms with E-state index in [1.54, 1.807) is 7.11 Å². The lowest BCUT2D eigenvalue weighted by Crippen LogP contribution is -2.27. The molecule has 1 N–H and O–H groups in total. The second kappa shape index (κ2) is 4.48. The van der Waals surface area contributed by atoms with Crippen molar-refractivity contribution in [3.63, 3.8) is 0 Å². The highest BCUT2D eigenvalue weighted by Gasteiger charge is 2.67. The molecule has 0 saturated heterocycles. The maximum absolute atomic E-state index is 5.54. The molecule has 2 bridgehead atoms. The third-order valence-corrected chi connectivity index (χ3v) is 6.07. The van der Waals surface area contributed by atoms with Crippen LogP contribution in [0.2, 0.25) is 0 Å². The van der Waals surface area contributed by atoms with Gasteiger partial charge in [-0.2, -0.15) is 5.10 Å². The Balaban J connectivity index is 1.64. The molecule has 1 heterocycles. The fourth-order valence-electron chi connectivity index (χ4n) is 5.41. The third-order valence-electron chi connectivity index (χ3n) is 6.07. The summed E-state index contributed by atoms with van der Waals surface area (Å²) in [4.78, 5) is 0. The van der Waals surface area contributed by atoms with E-state index in [9.17, 15) is 0 Å². The summed E-state index contributed by atoms with van der Waals surface area (Å²) in [5, 5.41) is 8.12. The summed E-state index contributed by atoms with van der Waals surface area (Å²) in [5.74, 6) is 5.71. The number of nitrogens with one attached hydrogen (secondary N) is 1. The molecule has 3 aliphatic rings. The Morgan fingerprint density at radius 2 is 2.10 bits per heavy atom. The molecular formula is C16H25N3O. The van der Waals surface area contributed by atoms with Gasteiger partial charge < -0.3 is 10.1 Å². The average molecular weight is 275 g/mol. The summed E-state index contributed by atoms with van der Waals surface area (Å²) in [6.07, 6.45) is 6.31. The molecule has 1 aromatic heterocycles. The van der Waals surface area contributed by atoms with E-state index >= 15 is 0 Å². The van der Waals surface area contributed by atoms with Gasteiger partial charge in [0.1, 0.15) is 0 Å². The van der Waals surface area contributed by atoms with Gasteiger partial charge in [0.25, 0.3) is 0 Å². The summed E-state index contributed by atoms with van der Waals surface area (Å²) < 4.78 is 7.54. The van der Waals surface area contributed by atoms with Gasteiger partial charge in [-0.3, -0.25) is 4.68 Å². The van der Waals surface area contributed by atoms with E-state index in [0.29, 0.717) is 6.04 Å². The van der Waals surface area contributed by atoms with Crippen molar-refractivity contribution in [2.75, 3.05) is 13.7 Å². The maximum atomic E-state index is 5.54. The lowest BCUT2D eigenvalue weighted by atomic mass is 9.95. The number of methoxy groups -OCH3 is 1. The first-order valence-electron chi connectivity index (χ1n) is 8.05. The minimum absolute atomic E-state index is 0.417. The van der Waals surface area contributed by atoms with Crippen LogP contribution in [0.5, 0.6) is 5.75 Å². The Bertz CT molecular complexity index is 496. The van der Waals surface area contributed by atoms with Crippen LogP contribution in [0.4, 0.5) is 0 Å². The Kier molecular flexibility index (Phi) is 2.85. The summed E-state index contributed by atoms with van der Waals surface area (Å²) >= 11 is 0. The van der Waals surface area contributed by atoms with Crippen LogP contribution in [0.1, 0.15) is 37.9 Å². The highest BCUT2D eigenvalue weighted by atomic mass is 16.5. The summed E-state index contributed by atoms with van der Waals surface area (Å²) in [6, 6.07) is 0.417. The van der Waals surface area contributed by atoms with Crippen molar-refractivity contribution in [2.45, 2.75) is 32.2 Å². The molecule has 0 spiro atoms. The molecule has 5 unspecified atom stereocenters. The third kappa shape index (κ3) is 1.60. The number of hydrogen-bond donors (Lipinski definition) is 1. The molecule has 0 aliphatic heterocycles. The Morgan fingerprint density at radius 1 is 1.40 bits per heavy atom. The lowest BCUT2D eigenvalue weighted by Gasteiger charge is -2.22. The second-order valence-corrected chi connectivity index (χ2v) is 6.82. The monoisotopic (exact) mass is 275 g/mol. The molecule has 4 rings (SSSR count). The minimum atomic E-state index is 0.417. The minimum Gasteiger partial charge on any atom is -0.493 e. The first kappa shape index (κ1) is 12.7. The zero-order valence-corrected chi connectivity index (χ0v) is 12.7. The quantitative estimate of drug-likeness (QED) is 0.896. The molecule has 0 radical (unpaired) electrons. The number of aryl methyl sites for hydroxylation is 1. The Labute approximate surface area is 120 Å². The van der Waals surface area contributed by atoms with Crippen LogP contribution < -0.4 is 10.1 Å². The zero-order valence-electron chi connectivity index (χ0n) is 12.7. The molecule has 4 nitrogen and oxygen atoms in total. The van der Waals surface area contributed by atoms with Gasteiger partial charge in [0, 0.05) is 7.05 Å². The Hall–Kier alpha value is -1.03. The van der Waals surface area contributed by atoms with Crippen molar-refractivity contribution in [1.82, 2.24) is 15.1 Å². The molecule has 0 aromatic carbocycles. The van der Waals surface area contributed by atoms with Gasteiger partial charge in [0.15, 0.2) is 5.75 Å². The highest BCUT2D eigenvalue weighted by Crippen LogP contribution is 2.72. The first-order chi connectivity index (χ1) is 9.76. The number of ether oxygens (including phenoxy) is 1. The van der Waals surface area contributed by atoms with Gasteiger partial charge in [-0.05, 0) is 55.4 Å². The van der Waals surface area contributed by atoms with Crippen LogP contribution >= 0.6 is 0 Å². The van der Waals surface area contributed by atoms with Crippen molar-refractivity contribution < 1.29 is 4.74 Å². The molecule has 3 fully saturated rings. The number of fused-ring (bicyclic) bond motifs is 5. The fraction of sp³-hybridized carbons (Fsp3) is 0.812. The highest BCUT2D eigenvalue weighted by molar-refractivity contribution is 5.32. The summed E-state index contributed by atoms with van der Waals surface area (Å²) in [6.45, 7) is 3.20. The molecular weight excluding hydrogens is 250 g/mol. The lowest BCUT2D eigenvalue weighted by molar-refractivity contribution is 0.343. The number of hydrogen-bond acceptors (Lipinski definition) is 3. The summed E-state index contributed by atoms with van der Waals surface area (Å²) in [7, 11) is 3.79. The van der Waals surface area contributed by atoms with Gasteiger partial charge in [0.05, 0.1) is 25.0 Å². The van der Waals surface area contributed by atoms with Crippen LogP contribution in [0.3, 0.4) is 0 Å². The predicted molar refractivity (Wildman–Crippen MR) is 77.5 cm³/mol. The van der Waals surface area contributed by atoms with E-state index in [1.807, 2.05) is 17.9 Å². The van der Waals surface area contributed by atoms with E-state index < -0.39 is 0 Å². The number of rotatable bonds is 5. The SMILES string of the molecule is CCNC(c1c(OC)cnn1C)C1C2C3CCC(C3)C21. The van der Waals surface area contributed by atoms with Gasteiger partial charge in [-0.15, -0.1) is 0 Å². The zero-order chi connectivity index (χ0) is 13.9. The van der Waals surface area contributed by atoms with Crippen LogP contribution in [-0.2, 0) is 7.05 Å². The van der Waals surface area contributed by atoms with Crippen LogP contribution in [0.15, 0.2) is 6.20 Å². The van der Waals surface area contributed by atoms with Gasteiger partial charge in [-0.25, -0.2) is 0 Å². The van der Waals surface area contributed by atoms with Crippen molar-refractivity contribution in [1.29, 1.82) is 0 Å². The average Bonchev–Trinajstić information content (AvgIpc) is 2.78. The molecule has 0 amide bonds. The molecule has 110 valence electrons. The predicted octanol–water partition coefficient (Wildman–Crippen LogP) is 2.37. The van der Waals surface area contributed by atoms with Crippen molar-refractivity contribution in [3.8, 4) is 5.75 Å². The number of aromatic nitrogens is 2. The molecule has 20 heavy (non-hydrogen) atoms. The van der Waals surface area contributed by atoms with Crippen molar-refractivity contribution in [3.05, 3.63) is 11.9 Å². The van der Waals surface area contributed by atoms with E-state index in [1.165, 1.54) is 25.0 Å². The standard InChI is InChI=1S/C16H25N3O/c1-4-17-15(16-11(20-3)8-18-19(16)2)14-12-9-5-6-10(7-9)13(12)14/h8-10,12-15,17H,4-7H2,1-3H3. The largest absolute Gasteiger partial charge is 0.493 e. The van der Waals surface area contributed by atoms with E-state index in [4.69, 9.17) is 4.74 Å². The first-order valence-corrected chi connectivity index (χ1v) is 8.05. The summed E-state index contributed by atoms with van der Waals surface area (Å²) in [5.41, 5.74) is 1.24. The molecule has 5 atom stereocenters. The molecule has 4 heteroatoms. The number of nitrogens with zero attached hydrogens (tertiary/aromatic N) is 2. The topological polar surface area (TPSA) is 39.1 Å². The van der Waals surface area contributed by atoms with Crippen molar-refractivity contribution in [2.24, 2.45) is 36.6 Å². The normalized spacial score (nSPS) is 38.9. The second-order valence-electron chi connectivity index (χ2n) is 6.82. The van der Waals surface area contributed by atoms with Crippen LogP contribution in [-0.4, -0.2) is 23.4 Å². The van der Waals surface area contributed by atoms with Crippen LogP contribution in [0.25, 0.3) is 0 Å². The van der Waals surface area contributed by atoms with E-state index in [-0.39, 0.29) is 0 Å². The Morgan fingerprint density at radius 3 is 2.70 bits per heavy atom. The van der Waals surface area contributed by atoms with Crippen molar-refractivity contribution >= 4 is 0 Å². The van der Waals surface area contributed by atoms with Gasteiger partial charge >= 0.3 is 0 Å². The van der Waals surface area contributed by atoms with Crippen LogP contribution in [0, 0.1) is 29.6 Å². The molecule has 1 aromatic rings. The smallest absolute Gasteiger partial charge is 0.161 e. The molecule has 3 aliphatic carbocycles. The van der Waals surface area contributed by atoms with E-state index in [2.05, 4.69) is 17.3 Å². The van der Waals surface area contributed by atoms with Gasteiger partial charge in [-0.1, -0.05) is 6.92 Å².